The fourth-order valence-corrected chi connectivity index (χ4v) is 5.99. The molecule has 2 aromatic heterocycles. The molecule has 5 rings (SSSR count). The highest BCUT2D eigenvalue weighted by molar-refractivity contribution is 7.90. The molecule has 0 atom stereocenters. The van der Waals surface area contributed by atoms with E-state index in [-0.39, 0.29) is 34.7 Å². The highest BCUT2D eigenvalue weighted by Gasteiger charge is 2.31. The van der Waals surface area contributed by atoms with E-state index in [4.69, 9.17) is 0 Å². The summed E-state index contributed by atoms with van der Waals surface area (Å²) in [7, 11) is -3.00. The Morgan fingerprint density at radius 2 is 1.89 bits per heavy atom. The predicted octanol–water partition coefficient (Wildman–Crippen LogP) is 4.56. The van der Waals surface area contributed by atoms with E-state index < -0.39 is 9.84 Å². The van der Waals surface area contributed by atoms with Crippen molar-refractivity contribution in [3.63, 3.8) is 0 Å². The van der Waals surface area contributed by atoms with Crippen molar-refractivity contribution in [3.8, 4) is 17.1 Å². The van der Waals surface area contributed by atoms with Crippen molar-refractivity contribution in [2.45, 2.75) is 19.8 Å². The number of nitrogens with zero attached hydrogens (tertiary/aromatic N) is 4. The van der Waals surface area contributed by atoms with Crippen molar-refractivity contribution < 1.29 is 18.3 Å². The molecule has 0 spiro atoms. The molecule has 0 bridgehead atoms. The maximum Gasteiger partial charge on any atom is 0.165 e. The lowest BCUT2D eigenvalue weighted by Gasteiger charge is -2.41. The number of benzene rings is 2. The van der Waals surface area contributed by atoms with Crippen LogP contribution in [0.5, 0.6) is 5.75 Å². The van der Waals surface area contributed by atoms with Crippen LogP contribution in [0.1, 0.15) is 35.7 Å². The van der Waals surface area contributed by atoms with Crippen LogP contribution in [0.2, 0.25) is 0 Å². The van der Waals surface area contributed by atoms with Gasteiger partial charge in [0.15, 0.2) is 12.1 Å². The van der Waals surface area contributed by atoms with Gasteiger partial charge in [0.1, 0.15) is 27.2 Å². The van der Waals surface area contributed by atoms with E-state index in [0.717, 1.165) is 16.5 Å². The summed E-state index contributed by atoms with van der Waals surface area (Å²) in [6.45, 7) is 5.69. The number of carbonyl (C=O) groups excluding carboxylic acids is 1. The molecule has 1 aliphatic rings. The number of hydrogen-bond acceptors (Lipinski definition) is 9. The Balaban J connectivity index is 1.45. The first kappa shape index (κ1) is 25.6. The maximum atomic E-state index is 11.7. The highest BCUT2D eigenvalue weighted by atomic mass is 32.2. The van der Waals surface area contributed by atoms with Crippen LogP contribution in [-0.4, -0.2) is 59.9 Å². The molecular weight excluding hydrogens is 502 g/mol. The zero-order valence-electron chi connectivity index (χ0n) is 21.4. The van der Waals surface area contributed by atoms with Crippen molar-refractivity contribution >= 4 is 44.2 Å². The predicted molar refractivity (Wildman–Crippen MR) is 149 cm³/mol. The fourth-order valence-electron chi connectivity index (χ4n) is 4.92. The average Bonchev–Trinajstić information content (AvgIpc) is 2.85. The Kier molecular flexibility index (Phi) is 6.75. The number of phenolic OH excluding ortho intramolecular Hbond substituents is 1. The second kappa shape index (κ2) is 10.0. The van der Waals surface area contributed by atoms with E-state index in [9.17, 15) is 18.3 Å². The Bertz CT molecular complexity index is 1630. The van der Waals surface area contributed by atoms with E-state index in [0.29, 0.717) is 36.6 Å². The summed E-state index contributed by atoms with van der Waals surface area (Å²) in [5.41, 5.74) is 2.76. The number of hydrogen-bond donors (Lipinski definition) is 2. The number of rotatable bonds is 8. The molecule has 0 saturated carbocycles. The lowest BCUT2D eigenvalue weighted by atomic mass is 9.93. The first-order chi connectivity index (χ1) is 18.1. The molecule has 0 aliphatic carbocycles. The summed E-state index contributed by atoms with van der Waals surface area (Å²) in [5, 5.41) is 15.7. The third-order valence-corrected chi connectivity index (χ3v) is 7.79. The van der Waals surface area contributed by atoms with Gasteiger partial charge in [-0.15, -0.1) is 0 Å². The molecule has 1 saturated heterocycles. The maximum absolute atomic E-state index is 11.7. The number of fused-ring (bicyclic) bond motifs is 1. The van der Waals surface area contributed by atoms with Crippen molar-refractivity contribution in [2.24, 2.45) is 5.92 Å². The number of para-hydroxylation sites is 1. The number of pyridine rings is 1. The van der Waals surface area contributed by atoms with Gasteiger partial charge >= 0.3 is 0 Å². The second-order valence-electron chi connectivity index (χ2n) is 10.1. The number of carbonyl (C=O) groups is 1. The van der Waals surface area contributed by atoms with E-state index >= 15 is 0 Å². The molecule has 9 nitrogen and oxygen atoms in total. The molecule has 2 N–H and O–H groups in total. The number of nitrogens with one attached hydrogen (secondary N) is 1. The van der Waals surface area contributed by atoms with Crippen LogP contribution in [-0.2, 0) is 9.84 Å². The summed E-state index contributed by atoms with van der Waals surface area (Å²) in [5.74, 6) is 1.84. The molecule has 196 valence electrons. The Morgan fingerprint density at radius 1 is 1.11 bits per heavy atom. The van der Waals surface area contributed by atoms with Gasteiger partial charge in [-0.3, -0.25) is 4.79 Å². The molecule has 1 fully saturated rings. The van der Waals surface area contributed by atoms with Gasteiger partial charge in [0, 0.05) is 48.7 Å². The molecule has 0 unspecified atom stereocenters. The van der Waals surface area contributed by atoms with Crippen LogP contribution in [0.3, 0.4) is 0 Å². The van der Waals surface area contributed by atoms with Gasteiger partial charge in [-0.05, 0) is 47.2 Å². The van der Waals surface area contributed by atoms with E-state index in [2.05, 4.69) is 51.1 Å². The largest absolute Gasteiger partial charge is 0.506 e. The first-order valence-corrected chi connectivity index (χ1v) is 14.4. The molecule has 2 aromatic carbocycles. The van der Waals surface area contributed by atoms with E-state index in [1.54, 1.807) is 24.4 Å². The summed E-state index contributed by atoms with van der Waals surface area (Å²) >= 11 is 0. The van der Waals surface area contributed by atoms with Gasteiger partial charge in [-0.2, -0.15) is 0 Å². The Hall–Kier alpha value is -4.05. The van der Waals surface area contributed by atoms with Crippen LogP contribution in [0.15, 0.2) is 54.9 Å². The molecule has 0 radical (unpaired) electrons. The van der Waals surface area contributed by atoms with Crippen LogP contribution >= 0.6 is 0 Å². The molecule has 38 heavy (non-hydrogen) atoms. The van der Waals surface area contributed by atoms with Gasteiger partial charge in [-0.25, -0.2) is 23.4 Å². The number of anilines is 3. The van der Waals surface area contributed by atoms with E-state index in [1.165, 1.54) is 17.9 Å². The number of phenols is 1. The summed E-state index contributed by atoms with van der Waals surface area (Å²) in [6.07, 6.45) is 5.29. The number of aromatic nitrogens is 3. The van der Waals surface area contributed by atoms with Crippen LogP contribution < -0.4 is 10.2 Å². The molecule has 3 heterocycles. The Labute approximate surface area is 221 Å². The zero-order valence-corrected chi connectivity index (χ0v) is 22.2. The first-order valence-electron chi connectivity index (χ1n) is 12.4. The normalized spacial score (nSPS) is 14.1. The van der Waals surface area contributed by atoms with Gasteiger partial charge in [0.05, 0.1) is 16.9 Å². The minimum absolute atomic E-state index is 0.136. The van der Waals surface area contributed by atoms with E-state index in [1.807, 2.05) is 12.3 Å². The van der Waals surface area contributed by atoms with Crippen molar-refractivity contribution in [1.29, 1.82) is 0 Å². The van der Waals surface area contributed by atoms with Crippen LogP contribution in [0, 0.1) is 5.92 Å². The van der Waals surface area contributed by atoms with Crippen LogP contribution in [0.4, 0.5) is 17.3 Å². The lowest BCUT2D eigenvalue weighted by molar-refractivity contribution is 0.112. The lowest BCUT2D eigenvalue weighted by Crippen LogP contribution is -2.49. The third kappa shape index (κ3) is 5.17. The van der Waals surface area contributed by atoms with Gasteiger partial charge in [0.25, 0.3) is 0 Å². The summed E-state index contributed by atoms with van der Waals surface area (Å²) in [4.78, 5) is 26.8. The van der Waals surface area contributed by atoms with Crippen molar-refractivity contribution in [2.75, 3.05) is 35.3 Å². The highest BCUT2D eigenvalue weighted by Crippen LogP contribution is 2.37. The van der Waals surface area contributed by atoms with Gasteiger partial charge < -0.3 is 15.3 Å². The second-order valence-corrected chi connectivity index (χ2v) is 12.2. The fraction of sp³-hybridized carbons (Fsp3) is 0.286. The molecule has 10 heteroatoms. The smallest absolute Gasteiger partial charge is 0.165 e. The monoisotopic (exact) mass is 531 g/mol. The number of aromatic hydroxyl groups is 1. The number of sulfone groups is 1. The van der Waals surface area contributed by atoms with Crippen LogP contribution in [0.25, 0.3) is 22.2 Å². The minimum Gasteiger partial charge on any atom is -0.506 e. The van der Waals surface area contributed by atoms with Crippen molar-refractivity contribution in [1.82, 2.24) is 15.0 Å². The molecule has 4 aromatic rings. The topological polar surface area (TPSA) is 125 Å². The quantitative estimate of drug-likeness (QED) is 0.315. The molecular formula is C28H29N5O4S. The average molecular weight is 532 g/mol. The Morgan fingerprint density at radius 3 is 2.61 bits per heavy atom. The van der Waals surface area contributed by atoms with Gasteiger partial charge in [0.2, 0.25) is 0 Å². The third-order valence-electron chi connectivity index (χ3n) is 6.72. The molecule has 0 amide bonds. The van der Waals surface area contributed by atoms with Crippen molar-refractivity contribution in [3.05, 3.63) is 66.0 Å². The minimum atomic E-state index is -3.00. The SMILES string of the molecule is CC(C)c1ccc(N2CC(CS(C)(=O)=O)C2)c2cnc(Nc3ccnc(-c4cccc(C=O)c4O)n3)cc12. The number of aldehydes is 1. The van der Waals surface area contributed by atoms with Gasteiger partial charge in [-0.1, -0.05) is 26.0 Å². The molecule has 1 aliphatic heterocycles. The standard InChI is InChI=1S/C28H29N5O4S/c1-17(2)20-7-8-24(33-13-18(14-33)16-38(3,36)37)23-12-30-26(11-22(20)23)31-25-9-10-29-28(32-25)21-6-4-5-19(15-34)27(21)35/h4-12,15,17-18,35H,13-14,16H2,1-3H3,(H,29,30,31,32). The summed E-state index contributed by atoms with van der Waals surface area (Å²) < 4.78 is 23.3. The zero-order chi connectivity index (χ0) is 27.0. The summed E-state index contributed by atoms with van der Waals surface area (Å²) in [6, 6.07) is 12.8.